The van der Waals surface area contributed by atoms with Crippen LogP contribution in [0.15, 0.2) is 48.5 Å². The predicted octanol–water partition coefficient (Wildman–Crippen LogP) is 2.20. The molecule has 1 N–H and O–H groups in total. The lowest BCUT2D eigenvalue weighted by molar-refractivity contribution is -0.133. The summed E-state index contributed by atoms with van der Waals surface area (Å²) in [4.78, 5) is 32.8. The minimum Gasteiger partial charge on any atom is -0.346 e. The normalized spacial score (nSPS) is 20.8. The third-order valence-corrected chi connectivity index (χ3v) is 8.18. The fourth-order valence-corrected chi connectivity index (χ4v) is 6.62. The number of amides is 2. The van der Waals surface area contributed by atoms with Crippen molar-refractivity contribution < 1.29 is 22.8 Å². The van der Waals surface area contributed by atoms with Crippen molar-refractivity contribution in [2.24, 2.45) is 7.05 Å². The minimum atomic E-state index is -4.03. The number of fused-ring (bicyclic) bond motifs is 4. The molecule has 1 unspecified atom stereocenters. The van der Waals surface area contributed by atoms with E-state index in [1.165, 1.54) is 7.05 Å². The quantitative estimate of drug-likeness (QED) is 0.609. The number of hydrogen-bond donors (Lipinski definition) is 1. The van der Waals surface area contributed by atoms with Crippen LogP contribution in [0.2, 0.25) is 0 Å². The van der Waals surface area contributed by atoms with Crippen molar-refractivity contribution in [3.8, 4) is 0 Å². The van der Waals surface area contributed by atoms with E-state index < -0.39 is 33.0 Å². The Morgan fingerprint density at radius 2 is 1.75 bits per heavy atom. The standard InChI is InChI=1S/C22H22N4O5S/c1-22(12-32(29,30)26-13-31-23-15-9-5-7-11-17(15)26)19-18(20(27)25(3)21(22)28)14-8-4-6-10-16(14)24(19)2/h4-11,23H,12-13H2,1-3H3. The highest BCUT2D eigenvalue weighted by molar-refractivity contribution is 7.92. The molecule has 1 atom stereocenters. The Morgan fingerprint density at radius 3 is 2.53 bits per heavy atom. The molecular formula is C22H22N4O5S. The lowest BCUT2D eigenvalue weighted by Gasteiger charge is -2.39. The molecule has 0 radical (unpaired) electrons. The summed E-state index contributed by atoms with van der Waals surface area (Å²) in [5, 5.41) is 0.689. The summed E-state index contributed by atoms with van der Waals surface area (Å²) >= 11 is 0. The van der Waals surface area contributed by atoms with Gasteiger partial charge in [0.2, 0.25) is 15.9 Å². The fourth-order valence-electron chi connectivity index (χ4n) is 4.81. The summed E-state index contributed by atoms with van der Waals surface area (Å²) in [5.41, 5.74) is 3.70. The molecule has 1 aromatic heterocycles. The van der Waals surface area contributed by atoms with Crippen molar-refractivity contribution >= 4 is 44.1 Å². The largest absolute Gasteiger partial charge is 0.346 e. The van der Waals surface area contributed by atoms with Crippen LogP contribution in [0, 0.1) is 0 Å². The minimum absolute atomic E-state index is 0.236. The van der Waals surface area contributed by atoms with Gasteiger partial charge < -0.3 is 4.57 Å². The zero-order valence-corrected chi connectivity index (χ0v) is 18.6. The summed E-state index contributed by atoms with van der Waals surface area (Å²) in [5.74, 6) is -1.52. The molecule has 166 valence electrons. The van der Waals surface area contributed by atoms with Gasteiger partial charge in [0.15, 0.2) is 6.73 Å². The molecule has 2 aromatic carbocycles. The summed E-state index contributed by atoms with van der Waals surface area (Å²) < 4.78 is 30.2. The second kappa shape index (κ2) is 6.81. The zero-order chi connectivity index (χ0) is 22.8. The van der Waals surface area contributed by atoms with Crippen LogP contribution in [-0.2, 0) is 32.1 Å². The van der Waals surface area contributed by atoms with Gasteiger partial charge in [-0.1, -0.05) is 30.3 Å². The zero-order valence-electron chi connectivity index (χ0n) is 17.8. The van der Waals surface area contributed by atoms with Gasteiger partial charge >= 0.3 is 0 Å². The lowest BCUT2D eigenvalue weighted by Crippen LogP contribution is -2.56. The highest BCUT2D eigenvalue weighted by Crippen LogP contribution is 2.42. The molecule has 32 heavy (non-hydrogen) atoms. The van der Waals surface area contributed by atoms with Gasteiger partial charge in [0, 0.05) is 30.7 Å². The van der Waals surface area contributed by atoms with Crippen molar-refractivity contribution in [3.63, 3.8) is 0 Å². The maximum atomic E-state index is 13.6. The smallest absolute Gasteiger partial charge is 0.262 e. The molecule has 9 nitrogen and oxygen atoms in total. The molecule has 2 aliphatic rings. The monoisotopic (exact) mass is 454 g/mol. The molecule has 2 aliphatic heterocycles. The average molecular weight is 455 g/mol. The van der Waals surface area contributed by atoms with Gasteiger partial charge in [-0.2, -0.15) is 0 Å². The van der Waals surface area contributed by atoms with E-state index in [-0.39, 0.29) is 6.73 Å². The molecular weight excluding hydrogens is 432 g/mol. The molecule has 3 aromatic rings. The van der Waals surface area contributed by atoms with Gasteiger partial charge in [0.05, 0.1) is 22.7 Å². The van der Waals surface area contributed by atoms with Gasteiger partial charge in [-0.3, -0.25) is 24.8 Å². The predicted molar refractivity (Wildman–Crippen MR) is 120 cm³/mol. The number of anilines is 2. The maximum Gasteiger partial charge on any atom is 0.262 e. The van der Waals surface area contributed by atoms with E-state index in [0.717, 1.165) is 14.7 Å². The first-order valence-electron chi connectivity index (χ1n) is 10.0. The van der Waals surface area contributed by atoms with E-state index in [2.05, 4.69) is 5.48 Å². The number of likely N-dealkylation sites (N-methyl/N-ethyl adjacent to an activating group) is 1. The van der Waals surface area contributed by atoms with Crippen molar-refractivity contribution in [3.05, 3.63) is 59.8 Å². The maximum absolute atomic E-state index is 13.6. The van der Waals surface area contributed by atoms with Crippen LogP contribution < -0.4 is 9.79 Å². The number of nitrogens with one attached hydrogen (secondary N) is 1. The highest BCUT2D eigenvalue weighted by Gasteiger charge is 2.52. The fraction of sp³-hybridized carbons (Fsp3) is 0.273. The van der Waals surface area contributed by atoms with Crippen LogP contribution in [0.25, 0.3) is 10.9 Å². The number of aromatic nitrogens is 1. The summed E-state index contributed by atoms with van der Waals surface area (Å²) in [6.45, 7) is 1.35. The lowest BCUT2D eigenvalue weighted by atomic mass is 9.81. The van der Waals surface area contributed by atoms with Gasteiger partial charge in [0.1, 0.15) is 5.41 Å². The van der Waals surface area contributed by atoms with Crippen LogP contribution in [0.3, 0.4) is 0 Å². The van der Waals surface area contributed by atoms with Crippen molar-refractivity contribution in [2.45, 2.75) is 12.3 Å². The van der Waals surface area contributed by atoms with E-state index >= 15 is 0 Å². The van der Waals surface area contributed by atoms with Crippen molar-refractivity contribution in [1.82, 2.24) is 9.47 Å². The number of nitrogens with zero attached hydrogens (tertiary/aromatic N) is 3. The molecule has 0 spiro atoms. The van der Waals surface area contributed by atoms with Crippen molar-refractivity contribution in [1.29, 1.82) is 0 Å². The molecule has 0 saturated carbocycles. The van der Waals surface area contributed by atoms with E-state index in [4.69, 9.17) is 4.84 Å². The second-order valence-electron chi connectivity index (χ2n) is 8.30. The van der Waals surface area contributed by atoms with E-state index in [9.17, 15) is 18.0 Å². The number of benzene rings is 2. The summed E-state index contributed by atoms with van der Waals surface area (Å²) in [6.07, 6.45) is 0. The third kappa shape index (κ3) is 2.69. The number of imide groups is 1. The van der Waals surface area contributed by atoms with Crippen LogP contribution >= 0.6 is 0 Å². The SMILES string of the molecule is CN1C(=O)c2c(n(C)c3ccccc23)C(C)(CS(=O)(=O)N2CONc3ccccc32)C1=O. The highest BCUT2D eigenvalue weighted by atomic mass is 32.2. The van der Waals surface area contributed by atoms with E-state index in [1.54, 1.807) is 42.8 Å². The van der Waals surface area contributed by atoms with Gasteiger partial charge in [0.25, 0.3) is 5.91 Å². The third-order valence-electron chi connectivity index (χ3n) is 6.27. The number of sulfonamides is 1. The second-order valence-corrected chi connectivity index (χ2v) is 10.2. The Bertz CT molecular complexity index is 1400. The number of carbonyl (C=O) groups is 2. The molecule has 0 fully saturated rings. The average Bonchev–Trinajstić information content (AvgIpc) is 3.09. The Hall–Kier alpha value is -3.37. The van der Waals surface area contributed by atoms with E-state index in [1.807, 2.05) is 24.3 Å². The molecule has 0 aliphatic carbocycles. The molecule has 3 heterocycles. The topological polar surface area (TPSA) is 101 Å². The van der Waals surface area contributed by atoms with Gasteiger partial charge in [-0.25, -0.2) is 12.7 Å². The summed E-state index contributed by atoms with van der Waals surface area (Å²) in [6, 6.07) is 14.2. The number of para-hydroxylation sites is 3. The number of carbonyl (C=O) groups excluding carboxylic acids is 2. The van der Waals surface area contributed by atoms with Crippen LogP contribution in [0.1, 0.15) is 23.0 Å². The summed E-state index contributed by atoms with van der Waals surface area (Å²) in [7, 11) is -0.886. The molecule has 0 bridgehead atoms. The van der Waals surface area contributed by atoms with Crippen LogP contribution in [0.4, 0.5) is 11.4 Å². The Balaban J connectivity index is 1.68. The molecule has 10 heteroatoms. The number of rotatable bonds is 3. The van der Waals surface area contributed by atoms with Crippen LogP contribution in [-0.4, -0.2) is 49.2 Å². The molecule has 0 saturated heterocycles. The number of aryl methyl sites for hydroxylation is 1. The first-order valence-corrected chi connectivity index (χ1v) is 11.7. The first kappa shape index (κ1) is 20.5. The Morgan fingerprint density at radius 1 is 1.06 bits per heavy atom. The Labute approximate surface area is 185 Å². The van der Waals surface area contributed by atoms with Crippen molar-refractivity contribution in [2.75, 3.05) is 29.3 Å². The van der Waals surface area contributed by atoms with E-state index in [0.29, 0.717) is 28.0 Å². The molecule has 2 amide bonds. The molecule has 5 rings (SSSR count). The Kier molecular flexibility index (Phi) is 4.37. The van der Waals surface area contributed by atoms with Gasteiger partial charge in [-0.15, -0.1) is 0 Å². The number of hydrogen-bond acceptors (Lipinski definition) is 6. The van der Waals surface area contributed by atoms with Crippen LogP contribution in [0.5, 0.6) is 0 Å². The first-order chi connectivity index (χ1) is 15.2. The van der Waals surface area contributed by atoms with Gasteiger partial charge in [-0.05, 0) is 25.1 Å².